The second kappa shape index (κ2) is 4.10. The molecule has 2 N–H and O–H groups in total. The van der Waals surface area contributed by atoms with Gasteiger partial charge in [-0.25, -0.2) is 0 Å². The van der Waals surface area contributed by atoms with Crippen LogP contribution in [0.2, 0.25) is 0 Å². The van der Waals surface area contributed by atoms with E-state index in [1.807, 2.05) is 32.0 Å². The maximum absolute atomic E-state index is 5.95. The van der Waals surface area contributed by atoms with E-state index in [-0.39, 0.29) is 0 Å². The third-order valence-corrected chi connectivity index (χ3v) is 2.73. The number of hydrogen-bond donors (Lipinski definition) is 1. The summed E-state index contributed by atoms with van der Waals surface area (Å²) in [7, 11) is 0. The van der Waals surface area contributed by atoms with E-state index in [2.05, 4.69) is 20.1 Å². The fraction of sp³-hybridized carbons (Fsp3) is 0.231. The zero-order valence-electron chi connectivity index (χ0n) is 10.7. The molecule has 0 fully saturated rings. The van der Waals surface area contributed by atoms with Gasteiger partial charge in [0.1, 0.15) is 5.52 Å². The fourth-order valence-electron chi connectivity index (χ4n) is 1.76. The molecule has 2 aromatic heterocycles. The van der Waals surface area contributed by atoms with Crippen molar-refractivity contribution in [2.45, 2.75) is 19.4 Å². The normalized spacial score (nSPS) is 11.9. The summed E-state index contributed by atoms with van der Waals surface area (Å²) in [4.78, 5) is 12.9. The van der Waals surface area contributed by atoms with E-state index >= 15 is 0 Å². The van der Waals surface area contributed by atoms with E-state index in [1.54, 1.807) is 12.4 Å². The van der Waals surface area contributed by atoms with Crippen LogP contribution in [0.1, 0.15) is 19.7 Å². The molecule has 0 radical (unpaired) electrons. The molecule has 0 saturated heterocycles. The molecule has 2 heterocycles. The number of nitrogens with zero attached hydrogens (tertiary/aromatic N) is 4. The number of fused-ring (bicyclic) bond motifs is 1. The van der Waals surface area contributed by atoms with Gasteiger partial charge in [0.25, 0.3) is 5.89 Å². The first-order valence-electron chi connectivity index (χ1n) is 5.89. The summed E-state index contributed by atoms with van der Waals surface area (Å²) in [5.41, 5.74) is 7.58. The molecule has 6 nitrogen and oxygen atoms in total. The molecule has 0 unspecified atom stereocenters. The van der Waals surface area contributed by atoms with Gasteiger partial charge < -0.3 is 10.3 Å². The summed E-state index contributed by atoms with van der Waals surface area (Å²) in [6.07, 6.45) is 3.28. The van der Waals surface area contributed by atoms with Crippen molar-refractivity contribution in [3.05, 3.63) is 36.4 Å². The van der Waals surface area contributed by atoms with Crippen molar-refractivity contribution in [2.24, 2.45) is 5.73 Å². The van der Waals surface area contributed by atoms with Crippen molar-refractivity contribution in [3.63, 3.8) is 0 Å². The number of aromatic nitrogens is 4. The van der Waals surface area contributed by atoms with Gasteiger partial charge in [-0.05, 0) is 26.0 Å². The summed E-state index contributed by atoms with van der Waals surface area (Å²) in [6, 6.07) is 5.64. The molecule has 3 aromatic rings. The summed E-state index contributed by atoms with van der Waals surface area (Å²) < 4.78 is 5.28. The van der Waals surface area contributed by atoms with Crippen LogP contribution in [-0.2, 0) is 5.54 Å². The Hall–Kier alpha value is -2.34. The Labute approximate surface area is 109 Å². The van der Waals surface area contributed by atoms with Gasteiger partial charge >= 0.3 is 0 Å². The first-order valence-corrected chi connectivity index (χ1v) is 5.89. The average molecular weight is 255 g/mol. The van der Waals surface area contributed by atoms with Crippen LogP contribution in [0.4, 0.5) is 0 Å². The lowest BCUT2D eigenvalue weighted by Crippen LogP contribution is -2.30. The second-order valence-corrected chi connectivity index (χ2v) is 4.87. The first kappa shape index (κ1) is 11.7. The second-order valence-electron chi connectivity index (χ2n) is 4.87. The van der Waals surface area contributed by atoms with Gasteiger partial charge in [-0.3, -0.25) is 9.97 Å². The van der Waals surface area contributed by atoms with Crippen molar-refractivity contribution in [3.8, 4) is 11.5 Å². The van der Waals surface area contributed by atoms with Gasteiger partial charge in [-0.2, -0.15) is 4.98 Å². The van der Waals surface area contributed by atoms with Gasteiger partial charge in [0.05, 0.1) is 16.6 Å². The maximum Gasteiger partial charge on any atom is 0.260 e. The molecule has 0 amide bonds. The van der Waals surface area contributed by atoms with Gasteiger partial charge in [0.15, 0.2) is 5.82 Å². The molecule has 6 heteroatoms. The number of nitrogens with two attached hydrogens (primary N) is 1. The molecule has 0 aliphatic carbocycles. The van der Waals surface area contributed by atoms with E-state index in [1.165, 1.54) is 0 Å². The fourth-order valence-corrected chi connectivity index (χ4v) is 1.76. The average Bonchev–Trinajstić information content (AvgIpc) is 2.87. The smallest absolute Gasteiger partial charge is 0.260 e. The lowest BCUT2D eigenvalue weighted by molar-refractivity contribution is 0.397. The first-order chi connectivity index (χ1) is 9.05. The van der Waals surface area contributed by atoms with E-state index in [0.29, 0.717) is 11.7 Å². The molecule has 96 valence electrons. The van der Waals surface area contributed by atoms with Crippen molar-refractivity contribution < 1.29 is 4.52 Å². The van der Waals surface area contributed by atoms with Gasteiger partial charge in [-0.15, -0.1) is 0 Å². The highest BCUT2D eigenvalue weighted by atomic mass is 16.5. The molecule has 3 rings (SSSR count). The van der Waals surface area contributed by atoms with Crippen molar-refractivity contribution in [2.75, 3.05) is 0 Å². The number of benzene rings is 1. The van der Waals surface area contributed by atoms with Crippen LogP contribution < -0.4 is 5.73 Å². The Morgan fingerprint density at radius 2 is 1.95 bits per heavy atom. The maximum atomic E-state index is 5.95. The van der Waals surface area contributed by atoms with Gasteiger partial charge in [-0.1, -0.05) is 11.2 Å². The highest BCUT2D eigenvalue weighted by Crippen LogP contribution is 2.26. The minimum absolute atomic E-state index is 0.402. The predicted molar refractivity (Wildman–Crippen MR) is 70.0 cm³/mol. The van der Waals surface area contributed by atoms with E-state index in [9.17, 15) is 0 Å². The Balaban J connectivity index is 2.17. The number of para-hydroxylation sites is 1. The number of hydrogen-bond acceptors (Lipinski definition) is 6. The lowest BCUT2D eigenvalue weighted by atomic mass is 10.1. The highest BCUT2D eigenvalue weighted by molar-refractivity contribution is 5.88. The summed E-state index contributed by atoms with van der Waals surface area (Å²) in [5, 5.41) is 3.91. The molecule has 0 saturated carbocycles. The van der Waals surface area contributed by atoms with Crippen LogP contribution in [0.25, 0.3) is 22.5 Å². The Bertz CT molecular complexity index is 724. The Morgan fingerprint density at radius 1 is 1.16 bits per heavy atom. The van der Waals surface area contributed by atoms with E-state index in [0.717, 1.165) is 16.6 Å². The molecule has 1 aromatic carbocycles. The van der Waals surface area contributed by atoms with Crippen LogP contribution in [0.15, 0.2) is 35.1 Å². The largest absolute Gasteiger partial charge is 0.334 e. The molecule has 19 heavy (non-hydrogen) atoms. The van der Waals surface area contributed by atoms with Crippen molar-refractivity contribution in [1.82, 2.24) is 20.1 Å². The lowest BCUT2D eigenvalue weighted by Gasteiger charge is -2.11. The van der Waals surface area contributed by atoms with Crippen molar-refractivity contribution >= 4 is 11.0 Å². The highest BCUT2D eigenvalue weighted by Gasteiger charge is 2.22. The predicted octanol–water partition coefficient (Wildman–Crippen LogP) is 1.87. The van der Waals surface area contributed by atoms with Gasteiger partial charge in [0, 0.05) is 12.4 Å². The van der Waals surface area contributed by atoms with E-state index < -0.39 is 5.54 Å². The minimum atomic E-state index is -0.641. The van der Waals surface area contributed by atoms with Crippen LogP contribution in [0, 0.1) is 0 Å². The summed E-state index contributed by atoms with van der Waals surface area (Å²) in [5.74, 6) is 0.864. The SMILES string of the molecule is CC(C)(N)c1noc(-c2cccc3nccnc23)n1. The zero-order valence-corrected chi connectivity index (χ0v) is 10.7. The Morgan fingerprint density at radius 3 is 2.68 bits per heavy atom. The summed E-state index contributed by atoms with van der Waals surface area (Å²) >= 11 is 0. The third-order valence-electron chi connectivity index (χ3n) is 2.73. The molecular formula is C13H13N5O. The zero-order chi connectivity index (χ0) is 13.5. The molecule has 0 aliphatic heterocycles. The quantitative estimate of drug-likeness (QED) is 0.751. The molecular weight excluding hydrogens is 242 g/mol. The molecule has 0 atom stereocenters. The molecule has 0 bridgehead atoms. The topological polar surface area (TPSA) is 90.7 Å². The van der Waals surface area contributed by atoms with Crippen LogP contribution in [0.3, 0.4) is 0 Å². The van der Waals surface area contributed by atoms with Crippen LogP contribution in [0.5, 0.6) is 0 Å². The standard InChI is InChI=1S/C13H13N5O/c1-13(2,14)12-17-11(19-18-12)8-4-3-5-9-10(8)16-7-6-15-9/h3-7H,14H2,1-2H3. The van der Waals surface area contributed by atoms with Gasteiger partial charge in [0.2, 0.25) is 0 Å². The van der Waals surface area contributed by atoms with Crippen LogP contribution in [-0.4, -0.2) is 20.1 Å². The third kappa shape index (κ3) is 2.06. The van der Waals surface area contributed by atoms with Crippen LogP contribution >= 0.6 is 0 Å². The number of rotatable bonds is 2. The van der Waals surface area contributed by atoms with Crippen molar-refractivity contribution in [1.29, 1.82) is 0 Å². The monoisotopic (exact) mass is 255 g/mol. The Kier molecular flexibility index (Phi) is 2.53. The summed E-state index contributed by atoms with van der Waals surface area (Å²) in [6.45, 7) is 3.65. The van der Waals surface area contributed by atoms with E-state index in [4.69, 9.17) is 10.3 Å². The molecule has 0 aliphatic rings. The minimum Gasteiger partial charge on any atom is -0.334 e. The molecule has 0 spiro atoms.